The summed E-state index contributed by atoms with van der Waals surface area (Å²) in [5, 5.41) is 14.3. The van der Waals surface area contributed by atoms with Crippen LogP contribution in [0.15, 0.2) is 35.3 Å². The van der Waals surface area contributed by atoms with E-state index in [4.69, 9.17) is 11.6 Å². The van der Waals surface area contributed by atoms with Gasteiger partial charge in [-0.05, 0) is 36.6 Å². The molecule has 142 valence electrons. The second-order valence-electron chi connectivity index (χ2n) is 6.43. The number of imidazole rings is 1. The van der Waals surface area contributed by atoms with Gasteiger partial charge in [0.25, 0.3) is 5.91 Å². The Kier molecular flexibility index (Phi) is 5.62. The lowest BCUT2D eigenvalue weighted by Gasteiger charge is -2.25. The number of benzene rings is 1. The number of aromatic nitrogens is 3. The first-order chi connectivity index (χ1) is 12.9. The maximum atomic E-state index is 12.8. The molecule has 2 heterocycles. The summed E-state index contributed by atoms with van der Waals surface area (Å²) in [6, 6.07) is 6.36. The average molecular weight is 389 g/mol. The fourth-order valence-corrected chi connectivity index (χ4v) is 3.33. The number of nitrogens with one attached hydrogen (secondary N) is 3. The highest BCUT2D eigenvalue weighted by atomic mass is 35.5. The maximum Gasteiger partial charge on any atom is 0.325 e. The van der Waals surface area contributed by atoms with Gasteiger partial charge in [0, 0.05) is 11.2 Å². The van der Waals surface area contributed by atoms with Crippen molar-refractivity contribution in [1.82, 2.24) is 20.3 Å². The largest absolute Gasteiger partial charge is 0.386 e. The molecule has 1 aromatic carbocycles. The van der Waals surface area contributed by atoms with Crippen molar-refractivity contribution in [2.75, 3.05) is 0 Å². The number of carbonyl (C=O) groups is 1. The Bertz CT molecular complexity index is 1030. The van der Waals surface area contributed by atoms with Gasteiger partial charge in [0.2, 0.25) is 0 Å². The predicted molar refractivity (Wildman–Crippen MR) is 104 cm³/mol. The van der Waals surface area contributed by atoms with Crippen LogP contribution in [0, 0.1) is 6.92 Å². The third kappa shape index (κ3) is 3.89. The molecule has 2 aromatic heterocycles. The van der Waals surface area contributed by atoms with Crippen LogP contribution in [0.25, 0.3) is 11.2 Å². The van der Waals surface area contributed by atoms with Crippen molar-refractivity contribution >= 4 is 28.7 Å². The first kappa shape index (κ1) is 19.1. The predicted octanol–water partition coefficient (Wildman–Crippen LogP) is 2.85. The number of H-pyrrole nitrogens is 2. The van der Waals surface area contributed by atoms with Crippen molar-refractivity contribution in [2.45, 2.75) is 38.8 Å². The highest BCUT2D eigenvalue weighted by Crippen LogP contribution is 2.28. The van der Waals surface area contributed by atoms with Gasteiger partial charge < -0.3 is 15.4 Å². The quantitative estimate of drug-likeness (QED) is 0.520. The number of aliphatic hydroxyl groups is 1. The van der Waals surface area contributed by atoms with Crippen molar-refractivity contribution in [3.8, 4) is 0 Å². The van der Waals surface area contributed by atoms with E-state index in [2.05, 4.69) is 20.3 Å². The van der Waals surface area contributed by atoms with Crippen LogP contribution < -0.4 is 11.0 Å². The molecule has 1 amide bonds. The smallest absolute Gasteiger partial charge is 0.325 e. The number of aliphatic hydroxyl groups excluding tert-OH is 1. The Balaban J connectivity index is 1.90. The molecule has 0 saturated heterocycles. The Morgan fingerprint density at radius 1 is 1.33 bits per heavy atom. The van der Waals surface area contributed by atoms with Crippen molar-refractivity contribution in [3.05, 3.63) is 62.7 Å². The summed E-state index contributed by atoms with van der Waals surface area (Å²) >= 11 is 6.17. The first-order valence-electron chi connectivity index (χ1n) is 8.73. The maximum absolute atomic E-state index is 12.8. The fraction of sp³-hybridized carbons (Fsp3) is 0.316. The van der Waals surface area contributed by atoms with E-state index in [1.54, 1.807) is 18.2 Å². The Morgan fingerprint density at radius 2 is 2.11 bits per heavy atom. The molecule has 3 aromatic rings. The third-order valence-corrected chi connectivity index (χ3v) is 5.00. The summed E-state index contributed by atoms with van der Waals surface area (Å²) in [7, 11) is 0. The third-order valence-electron chi connectivity index (χ3n) is 4.59. The molecule has 2 atom stereocenters. The minimum absolute atomic E-state index is 0.287. The summed E-state index contributed by atoms with van der Waals surface area (Å²) in [4.78, 5) is 33.5. The Morgan fingerprint density at radius 3 is 2.85 bits per heavy atom. The summed E-state index contributed by atoms with van der Waals surface area (Å²) < 4.78 is 0. The monoisotopic (exact) mass is 388 g/mol. The number of rotatable bonds is 6. The van der Waals surface area contributed by atoms with E-state index in [1.165, 1.54) is 12.3 Å². The fourth-order valence-electron chi connectivity index (χ4n) is 3.15. The van der Waals surface area contributed by atoms with E-state index in [0.29, 0.717) is 28.2 Å². The number of nitrogens with zero attached hydrogens (tertiary/aromatic N) is 1. The van der Waals surface area contributed by atoms with E-state index in [9.17, 15) is 14.7 Å². The molecule has 4 N–H and O–H groups in total. The van der Waals surface area contributed by atoms with Gasteiger partial charge in [-0.15, -0.1) is 0 Å². The molecule has 0 aliphatic heterocycles. The van der Waals surface area contributed by atoms with Crippen molar-refractivity contribution in [1.29, 1.82) is 0 Å². The molecular weight excluding hydrogens is 368 g/mol. The van der Waals surface area contributed by atoms with Gasteiger partial charge in [0.1, 0.15) is 0 Å². The van der Waals surface area contributed by atoms with Gasteiger partial charge in [-0.25, -0.2) is 9.78 Å². The molecule has 0 aliphatic carbocycles. The lowest BCUT2D eigenvalue weighted by molar-refractivity contribution is 0.0819. The molecule has 0 bridgehead atoms. The number of aromatic amines is 2. The van der Waals surface area contributed by atoms with Crippen LogP contribution >= 0.6 is 11.6 Å². The zero-order chi connectivity index (χ0) is 19.6. The van der Waals surface area contributed by atoms with Crippen molar-refractivity contribution in [2.24, 2.45) is 0 Å². The zero-order valence-electron chi connectivity index (χ0n) is 15.0. The van der Waals surface area contributed by atoms with Gasteiger partial charge in [-0.2, -0.15) is 0 Å². The zero-order valence-corrected chi connectivity index (χ0v) is 15.8. The average Bonchev–Trinajstić information content (AvgIpc) is 3.03. The molecule has 7 nitrogen and oxygen atoms in total. The van der Waals surface area contributed by atoms with Crippen LogP contribution in [-0.2, 0) is 0 Å². The van der Waals surface area contributed by atoms with Crippen LogP contribution in [0.3, 0.4) is 0 Å². The number of hydrogen-bond donors (Lipinski definition) is 4. The van der Waals surface area contributed by atoms with E-state index >= 15 is 0 Å². The number of halogens is 1. The van der Waals surface area contributed by atoms with Crippen LogP contribution in [0.1, 0.15) is 47.4 Å². The van der Waals surface area contributed by atoms with Crippen molar-refractivity contribution in [3.63, 3.8) is 0 Å². The normalized spacial score (nSPS) is 13.5. The molecule has 0 spiro atoms. The van der Waals surface area contributed by atoms with Gasteiger partial charge >= 0.3 is 5.69 Å². The molecule has 27 heavy (non-hydrogen) atoms. The molecule has 8 heteroatoms. The van der Waals surface area contributed by atoms with E-state index in [1.807, 2.05) is 13.8 Å². The van der Waals surface area contributed by atoms with Crippen LogP contribution in [-0.4, -0.2) is 32.0 Å². The topological polar surface area (TPSA) is 111 Å². The lowest BCUT2D eigenvalue weighted by atomic mass is 9.95. The first-order valence-corrected chi connectivity index (χ1v) is 9.11. The van der Waals surface area contributed by atoms with Gasteiger partial charge in [0.05, 0.1) is 23.2 Å². The minimum Gasteiger partial charge on any atom is -0.386 e. The van der Waals surface area contributed by atoms with Crippen LogP contribution in [0.2, 0.25) is 5.02 Å². The molecule has 0 fully saturated rings. The number of pyridine rings is 1. The van der Waals surface area contributed by atoms with E-state index in [0.717, 1.165) is 12.0 Å². The SMILES string of the molecule is CCC[C@@H](NC(=O)c1ccnc2[nH]c(=O)[nH]c12)[C@@H](O)c1cccc(Cl)c1C. The van der Waals surface area contributed by atoms with E-state index < -0.39 is 23.7 Å². The van der Waals surface area contributed by atoms with Crippen LogP contribution in [0.5, 0.6) is 0 Å². The molecular formula is C19H21ClN4O3. The standard InChI is InChI=1S/C19H21ClN4O3/c1-3-5-14(16(25)11-6-4-7-13(20)10(11)2)22-18(26)12-8-9-21-17-15(12)23-19(27)24-17/h4,6-9,14,16,25H,3,5H2,1-2H3,(H,22,26)(H2,21,23,24,27)/t14-,16+/m1/s1. The number of fused-ring (bicyclic) bond motifs is 1. The summed E-state index contributed by atoms with van der Waals surface area (Å²) in [5.41, 5.74) is 1.96. The van der Waals surface area contributed by atoms with E-state index in [-0.39, 0.29) is 5.56 Å². The molecule has 0 aliphatic rings. The van der Waals surface area contributed by atoms with Crippen molar-refractivity contribution < 1.29 is 9.90 Å². The minimum atomic E-state index is -0.907. The van der Waals surface area contributed by atoms with Gasteiger partial charge in [-0.1, -0.05) is 37.1 Å². The molecule has 0 radical (unpaired) electrons. The summed E-state index contributed by atoms with van der Waals surface area (Å²) in [5.74, 6) is -0.394. The second-order valence-corrected chi connectivity index (χ2v) is 6.84. The summed E-state index contributed by atoms with van der Waals surface area (Å²) in [6.07, 6.45) is 1.90. The highest BCUT2D eigenvalue weighted by molar-refractivity contribution is 6.31. The molecule has 3 rings (SSSR count). The summed E-state index contributed by atoms with van der Waals surface area (Å²) in [6.45, 7) is 3.81. The highest BCUT2D eigenvalue weighted by Gasteiger charge is 2.25. The number of carbonyl (C=O) groups excluding carboxylic acids is 1. The molecule has 0 saturated carbocycles. The Labute approximate surface area is 160 Å². The number of hydrogen-bond acceptors (Lipinski definition) is 4. The Hall–Kier alpha value is -2.64. The number of amides is 1. The van der Waals surface area contributed by atoms with Gasteiger partial charge in [-0.3, -0.25) is 9.78 Å². The van der Waals surface area contributed by atoms with Crippen LogP contribution in [0.4, 0.5) is 0 Å². The second kappa shape index (κ2) is 7.94. The lowest BCUT2D eigenvalue weighted by Crippen LogP contribution is -2.39. The molecule has 0 unspecified atom stereocenters. The van der Waals surface area contributed by atoms with Gasteiger partial charge in [0.15, 0.2) is 5.65 Å².